The highest BCUT2D eigenvalue weighted by atomic mass is 35.5. The number of rotatable bonds is 10. The van der Waals surface area contributed by atoms with Gasteiger partial charge in [-0.3, -0.25) is 9.10 Å². The molecule has 1 heterocycles. The van der Waals surface area contributed by atoms with E-state index in [4.69, 9.17) is 21.1 Å². The van der Waals surface area contributed by atoms with Gasteiger partial charge in [0.25, 0.3) is 15.9 Å². The standard InChI is InChI=1S/C29H28ClFN4O5S/c1-19-15-21(20(2)35(19)25-9-5-22(30)6-10-25)17-32-33-29(36)18-34(24-11-7-23(31)8-12-24)41(37,38)26-13-14-27(39-3)28(16-26)40-4/h5-17H,18H2,1-4H3,(H,33,36)/b32-17-. The Labute approximate surface area is 242 Å². The Hall–Kier alpha value is -4.35. The van der Waals surface area contributed by atoms with Crippen molar-refractivity contribution < 1.29 is 27.1 Å². The molecule has 0 fully saturated rings. The number of aryl methyl sites for hydroxylation is 1. The Balaban J connectivity index is 1.58. The van der Waals surface area contributed by atoms with Gasteiger partial charge in [-0.2, -0.15) is 5.10 Å². The third kappa shape index (κ3) is 6.53. The number of nitrogens with one attached hydrogen (secondary N) is 1. The second-order valence-electron chi connectivity index (χ2n) is 8.94. The van der Waals surface area contributed by atoms with Gasteiger partial charge < -0.3 is 14.0 Å². The molecule has 0 radical (unpaired) electrons. The number of amides is 1. The van der Waals surface area contributed by atoms with E-state index < -0.39 is 28.3 Å². The number of anilines is 1. The van der Waals surface area contributed by atoms with Gasteiger partial charge in [-0.05, 0) is 80.6 Å². The quantitative estimate of drug-likeness (QED) is 0.198. The first-order valence-electron chi connectivity index (χ1n) is 12.3. The van der Waals surface area contributed by atoms with Gasteiger partial charge in [-0.1, -0.05) is 11.6 Å². The molecule has 0 atom stereocenters. The Morgan fingerprint density at radius 1 is 1.00 bits per heavy atom. The van der Waals surface area contributed by atoms with Crippen LogP contribution in [0.2, 0.25) is 5.02 Å². The number of aromatic nitrogens is 1. The molecule has 214 valence electrons. The fourth-order valence-corrected chi connectivity index (χ4v) is 5.83. The van der Waals surface area contributed by atoms with Crippen molar-refractivity contribution in [3.63, 3.8) is 0 Å². The zero-order valence-electron chi connectivity index (χ0n) is 22.8. The lowest BCUT2D eigenvalue weighted by atomic mass is 10.2. The summed E-state index contributed by atoms with van der Waals surface area (Å²) in [5, 5.41) is 4.68. The zero-order valence-corrected chi connectivity index (χ0v) is 24.3. The molecule has 12 heteroatoms. The molecule has 0 aliphatic heterocycles. The van der Waals surface area contributed by atoms with Crippen molar-refractivity contribution in [2.45, 2.75) is 18.7 Å². The first-order chi connectivity index (χ1) is 19.5. The molecule has 0 bridgehead atoms. The van der Waals surface area contributed by atoms with Crippen LogP contribution in [0.3, 0.4) is 0 Å². The summed E-state index contributed by atoms with van der Waals surface area (Å²) in [6, 6.07) is 18.1. The SMILES string of the molecule is COc1ccc(S(=O)(=O)N(CC(=O)N/N=C\c2cc(C)n(-c3ccc(Cl)cc3)c2C)c2ccc(F)cc2)cc1OC. The number of carbonyl (C=O) groups is 1. The second-order valence-corrected chi connectivity index (χ2v) is 11.2. The molecule has 0 aliphatic carbocycles. The lowest BCUT2D eigenvalue weighted by Crippen LogP contribution is -2.39. The molecule has 1 aromatic heterocycles. The van der Waals surface area contributed by atoms with Gasteiger partial charge in [-0.15, -0.1) is 0 Å². The summed E-state index contributed by atoms with van der Waals surface area (Å²) < 4.78 is 54.3. The van der Waals surface area contributed by atoms with Crippen molar-refractivity contribution in [3.05, 3.63) is 101 Å². The Morgan fingerprint density at radius 2 is 1.66 bits per heavy atom. The van der Waals surface area contributed by atoms with E-state index in [0.717, 1.165) is 39.1 Å². The van der Waals surface area contributed by atoms with E-state index in [1.165, 1.54) is 50.8 Å². The maximum atomic E-state index is 13.7. The van der Waals surface area contributed by atoms with Gasteiger partial charge in [-0.25, -0.2) is 18.2 Å². The molecule has 41 heavy (non-hydrogen) atoms. The molecule has 4 rings (SSSR count). The fourth-order valence-electron chi connectivity index (χ4n) is 4.27. The number of sulfonamides is 1. The van der Waals surface area contributed by atoms with Crippen LogP contribution >= 0.6 is 11.6 Å². The summed E-state index contributed by atoms with van der Waals surface area (Å²) in [6.45, 7) is 3.23. The lowest BCUT2D eigenvalue weighted by molar-refractivity contribution is -0.119. The van der Waals surface area contributed by atoms with Crippen LogP contribution in [-0.2, 0) is 14.8 Å². The van der Waals surface area contributed by atoms with Gasteiger partial charge in [0.15, 0.2) is 11.5 Å². The van der Waals surface area contributed by atoms with Crippen molar-refractivity contribution in [2.75, 3.05) is 25.1 Å². The summed E-state index contributed by atoms with van der Waals surface area (Å²) in [4.78, 5) is 12.8. The minimum absolute atomic E-state index is 0.0897. The first-order valence-corrected chi connectivity index (χ1v) is 14.1. The van der Waals surface area contributed by atoms with Gasteiger partial charge in [0, 0.05) is 33.7 Å². The molecule has 1 amide bonds. The normalized spacial score (nSPS) is 11.5. The second kappa shape index (κ2) is 12.4. The summed E-state index contributed by atoms with van der Waals surface area (Å²) in [5.41, 5.74) is 5.98. The molecule has 4 aromatic rings. The Bertz CT molecular complexity index is 1690. The van der Waals surface area contributed by atoms with Gasteiger partial charge >= 0.3 is 0 Å². The molecule has 3 aromatic carbocycles. The van der Waals surface area contributed by atoms with Crippen LogP contribution in [0.25, 0.3) is 5.69 Å². The van der Waals surface area contributed by atoms with Crippen molar-refractivity contribution in [3.8, 4) is 17.2 Å². The van der Waals surface area contributed by atoms with Crippen molar-refractivity contribution >= 4 is 39.4 Å². The number of methoxy groups -OCH3 is 2. The number of benzene rings is 3. The van der Waals surface area contributed by atoms with Crippen LogP contribution in [0.15, 0.2) is 82.8 Å². The van der Waals surface area contributed by atoms with E-state index in [9.17, 15) is 17.6 Å². The van der Waals surface area contributed by atoms with Crippen LogP contribution in [-0.4, -0.2) is 45.9 Å². The molecule has 0 saturated heterocycles. The highest BCUT2D eigenvalue weighted by Crippen LogP contribution is 2.32. The van der Waals surface area contributed by atoms with Crippen LogP contribution in [0, 0.1) is 19.7 Å². The largest absolute Gasteiger partial charge is 0.493 e. The molecule has 0 saturated carbocycles. The van der Waals surface area contributed by atoms with E-state index in [2.05, 4.69) is 10.5 Å². The average molecular weight is 599 g/mol. The van der Waals surface area contributed by atoms with E-state index in [0.29, 0.717) is 10.8 Å². The Kier molecular flexibility index (Phi) is 8.99. The summed E-state index contributed by atoms with van der Waals surface area (Å²) >= 11 is 6.01. The van der Waals surface area contributed by atoms with Crippen LogP contribution in [0.4, 0.5) is 10.1 Å². The van der Waals surface area contributed by atoms with E-state index in [1.54, 1.807) is 12.1 Å². The number of hydrogen-bond donors (Lipinski definition) is 1. The first kappa shape index (κ1) is 29.6. The number of halogens is 2. The number of hydrazone groups is 1. The molecule has 1 N–H and O–H groups in total. The van der Waals surface area contributed by atoms with Gasteiger partial charge in [0.2, 0.25) is 0 Å². The number of hydrogen-bond acceptors (Lipinski definition) is 6. The maximum absolute atomic E-state index is 13.7. The summed E-state index contributed by atoms with van der Waals surface area (Å²) in [6.07, 6.45) is 1.48. The highest BCUT2D eigenvalue weighted by molar-refractivity contribution is 7.92. The number of ether oxygens (including phenoxy) is 2. The topological polar surface area (TPSA) is 102 Å². The third-order valence-corrected chi connectivity index (χ3v) is 8.31. The van der Waals surface area contributed by atoms with Gasteiger partial charge in [0.1, 0.15) is 12.4 Å². The van der Waals surface area contributed by atoms with Crippen molar-refractivity contribution in [2.24, 2.45) is 5.10 Å². The van der Waals surface area contributed by atoms with Gasteiger partial charge in [0.05, 0.1) is 31.0 Å². The molecule has 0 unspecified atom stereocenters. The van der Waals surface area contributed by atoms with Crippen LogP contribution in [0.5, 0.6) is 11.5 Å². The average Bonchev–Trinajstić information content (AvgIpc) is 3.24. The van der Waals surface area contributed by atoms with Crippen molar-refractivity contribution in [1.29, 1.82) is 0 Å². The predicted octanol–water partition coefficient (Wildman–Crippen LogP) is 5.25. The molecular weight excluding hydrogens is 571 g/mol. The number of nitrogens with zero attached hydrogens (tertiary/aromatic N) is 3. The minimum atomic E-state index is -4.29. The zero-order chi connectivity index (χ0) is 29.7. The maximum Gasteiger partial charge on any atom is 0.264 e. The molecule has 0 aliphatic rings. The van der Waals surface area contributed by atoms with Crippen molar-refractivity contribution in [1.82, 2.24) is 9.99 Å². The monoisotopic (exact) mass is 598 g/mol. The highest BCUT2D eigenvalue weighted by Gasteiger charge is 2.28. The predicted molar refractivity (Wildman–Crippen MR) is 156 cm³/mol. The van der Waals surface area contributed by atoms with E-state index in [-0.39, 0.29) is 16.3 Å². The Morgan fingerprint density at radius 3 is 2.29 bits per heavy atom. The van der Waals surface area contributed by atoms with E-state index >= 15 is 0 Å². The summed E-state index contributed by atoms with van der Waals surface area (Å²) in [5.74, 6) is -0.733. The third-order valence-electron chi connectivity index (χ3n) is 6.29. The fraction of sp³-hybridized carbons (Fsp3) is 0.172. The van der Waals surface area contributed by atoms with E-state index in [1.807, 2.05) is 36.6 Å². The molecule has 9 nitrogen and oxygen atoms in total. The smallest absolute Gasteiger partial charge is 0.264 e. The molecular formula is C29H28ClFN4O5S. The van der Waals surface area contributed by atoms with Crippen LogP contribution in [0.1, 0.15) is 17.0 Å². The summed E-state index contributed by atoms with van der Waals surface area (Å²) in [7, 11) is -1.48. The van der Waals surface area contributed by atoms with Crippen LogP contribution < -0.4 is 19.2 Å². The lowest BCUT2D eigenvalue weighted by Gasteiger charge is -2.24. The number of carbonyl (C=O) groups excluding carboxylic acids is 1. The molecule has 0 spiro atoms. The minimum Gasteiger partial charge on any atom is -0.493 e.